The van der Waals surface area contributed by atoms with Gasteiger partial charge in [-0.15, -0.1) is 11.6 Å². The van der Waals surface area contributed by atoms with E-state index in [2.05, 4.69) is 12.2 Å². The molecule has 1 rings (SSSR count). The Balaban J connectivity index is 2.37. The number of nitrogens with one attached hydrogen (secondary N) is 1. The van der Waals surface area contributed by atoms with Crippen LogP contribution < -0.4 is 10.8 Å². The number of aryl methyl sites for hydroxylation is 1. The molecular weight excluding hydrogens is 220 g/mol. The number of carbonyl (C=O) groups is 1. The van der Waals surface area contributed by atoms with E-state index in [9.17, 15) is 4.79 Å². The van der Waals surface area contributed by atoms with E-state index < -0.39 is 5.38 Å². The van der Waals surface area contributed by atoms with Gasteiger partial charge < -0.3 is 10.1 Å². The van der Waals surface area contributed by atoms with Crippen LogP contribution in [0, 0.1) is 6.92 Å². The van der Waals surface area contributed by atoms with Crippen molar-refractivity contribution in [3.05, 3.63) is 29.3 Å². The summed E-state index contributed by atoms with van der Waals surface area (Å²) < 4.78 is 0. The molecule has 0 saturated carbocycles. The van der Waals surface area contributed by atoms with Crippen molar-refractivity contribution >= 4 is 31.2 Å². The Morgan fingerprint density at radius 2 is 2.31 bits per heavy atom. The van der Waals surface area contributed by atoms with Gasteiger partial charge in [0.25, 0.3) is 0 Å². The summed E-state index contributed by atoms with van der Waals surface area (Å²) in [4.78, 5) is 10.3. The molecular formula is C12H15BClNO. The van der Waals surface area contributed by atoms with Crippen LogP contribution in [-0.2, 0) is 11.2 Å². The maximum atomic E-state index is 10.3. The van der Waals surface area contributed by atoms with Gasteiger partial charge in [0.1, 0.15) is 19.5 Å². The van der Waals surface area contributed by atoms with Crippen molar-refractivity contribution in [1.29, 1.82) is 0 Å². The molecule has 0 bridgehead atoms. The van der Waals surface area contributed by atoms with Crippen LogP contribution in [0.3, 0.4) is 0 Å². The topological polar surface area (TPSA) is 29.1 Å². The Morgan fingerprint density at radius 1 is 1.56 bits per heavy atom. The molecule has 0 aromatic heterocycles. The van der Waals surface area contributed by atoms with Crippen LogP contribution in [0.15, 0.2) is 18.2 Å². The quantitative estimate of drug-likeness (QED) is 0.341. The van der Waals surface area contributed by atoms with Crippen LogP contribution in [0.25, 0.3) is 0 Å². The molecule has 1 aromatic rings. The average Bonchev–Trinajstić information content (AvgIpc) is 2.28. The third-order valence-corrected chi connectivity index (χ3v) is 2.69. The lowest BCUT2D eigenvalue weighted by molar-refractivity contribution is -0.107. The highest BCUT2D eigenvalue weighted by molar-refractivity contribution is 6.32. The highest BCUT2D eigenvalue weighted by atomic mass is 35.5. The van der Waals surface area contributed by atoms with Gasteiger partial charge in [0, 0.05) is 6.54 Å². The van der Waals surface area contributed by atoms with Gasteiger partial charge >= 0.3 is 0 Å². The first-order valence-electron chi connectivity index (χ1n) is 5.28. The number of hydrogen-bond acceptors (Lipinski definition) is 2. The molecule has 4 heteroatoms. The van der Waals surface area contributed by atoms with E-state index in [4.69, 9.17) is 19.4 Å². The maximum Gasteiger partial charge on any atom is 0.139 e. The Bertz CT molecular complexity index is 357. The van der Waals surface area contributed by atoms with E-state index in [0.717, 1.165) is 24.7 Å². The number of hydrogen-bond donors (Lipinski definition) is 1. The summed E-state index contributed by atoms with van der Waals surface area (Å²) in [7, 11) is 5.71. The molecule has 1 unspecified atom stereocenters. The highest BCUT2D eigenvalue weighted by Gasteiger charge is 2.02. The molecule has 16 heavy (non-hydrogen) atoms. The molecule has 0 saturated heterocycles. The Kier molecular flexibility index (Phi) is 5.57. The zero-order valence-corrected chi connectivity index (χ0v) is 10.1. The molecule has 0 fully saturated rings. The zero-order chi connectivity index (χ0) is 12.0. The molecule has 0 aliphatic heterocycles. The molecule has 0 aliphatic carbocycles. The van der Waals surface area contributed by atoms with Gasteiger partial charge in [-0.1, -0.05) is 23.7 Å². The summed E-state index contributed by atoms with van der Waals surface area (Å²) in [6.45, 7) is 3.36. The molecule has 0 spiro atoms. The van der Waals surface area contributed by atoms with Gasteiger partial charge in [-0.2, -0.15) is 0 Å². The van der Waals surface area contributed by atoms with Crippen molar-refractivity contribution in [1.82, 2.24) is 5.32 Å². The van der Waals surface area contributed by atoms with Crippen molar-refractivity contribution in [2.75, 3.05) is 13.1 Å². The number of carbonyl (C=O) groups excluding carboxylic acids is 1. The normalized spacial score (nSPS) is 12.4. The van der Waals surface area contributed by atoms with Gasteiger partial charge in [-0.05, 0) is 31.0 Å². The van der Waals surface area contributed by atoms with Crippen molar-refractivity contribution in [3.63, 3.8) is 0 Å². The summed E-state index contributed by atoms with van der Waals surface area (Å²) in [6.07, 6.45) is 1.62. The lowest BCUT2D eigenvalue weighted by atomic mass is 9.91. The van der Waals surface area contributed by atoms with E-state index in [1.54, 1.807) is 0 Å². The van der Waals surface area contributed by atoms with Crippen LogP contribution in [0.1, 0.15) is 11.1 Å². The molecule has 84 valence electrons. The van der Waals surface area contributed by atoms with Crippen LogP contribution >= 0.6 is 11.6 Å². The molecule has 0 amide bonds. The Hall–Kier alpha value is -0.795. The summed E-state index contributed by atoms with van der Waals surface area (Å²) >= 11 is 5.65. The Morgan fingerprint density at radius 3 is 3.00 bits per heavy atom. The number of benzene rings is 1. The van der Waals surface area contributed by atoms with Crippen LogP contribution in [-0.4, -0.2) is 32.6 Å². The van der Waals surface area contributed by atoms with Gasteiger partial charge in [-0.25, -0.2) is 0 Å². The molecule has 1 aromatic carbocycles. The summed E-state index contributed by atoms with van der Waals surface area (Å²) in [5.74, 6) is 0. The summed E-state index contributed by atoms with van der Waals surface area (Å²) in [5, 5.41) is 2.68. The van der Waals surface area contributed by atoms with Crippen molar-refractivity contribution in [2.24, 2.45) is 0 Å². The van der Waals surface area contributed by atoms with Crippen molar-refractivity contribution < 1.29 is 4.79 Å². The van der Waals surface area contributed by atoms with Crippen LogP contribution in [0.4, 0.5) is 0 Å². The fraction of sp³-hybridized carbons (Fsp3) is 0.417. The van der Waals surface area contributed by atoms with Gasteiger partial charge in [-0.3, -0.25) is 0 Å². The standard InChI is InChI=1S/C12H15BClNO/c1-9-2-3-11(13)6-10(9)4-5-15-7-12(14)8-16/h2-3,6,8,12,15H,4-5,7H2,1H3. The van der Waals surface area contributed by atoms with Gasteiger partial charge in [0.2, 0.25) is 0 Å². The second-order valence-corrected chi connectivity index (χ2v) is 4.35. The third-order valence-electron chi connectivity index (χ3n) is 2.43. The lowest BCUT2D eigenvalue weighted by Crippen LogP contribution is -2.26. The molecule has 0 aliphatic rings. The monoisotopic (exact) mass is 235 g/mol. The number of halogens is 1. The first-order valence-corrected chi connectivity index (χ1v) is 5.72. The highest BCUT2D eigenvalue weighted by Crippen LogP contribution is 2.05. The van der Waals surface area contributed by atoms with E-state index >= 15 is 0 Å². The molecule has 2 radical (unpaired) electrons. The van der Waals surface area contributed by atoms with E-state index in [1.807, 2.05) is 18.2 Å². The van der Waals surface area contributed by atoms with E-state index in [-0.39, 0.29) is 0 Å². The molecule has 0 heterocycles. The number of rotatable bonds is 6. The van der Waals surface area contributed by atoms with E-state index in [1.165, 1.54) is 11.1 Å². The zero-order valence-electron chi connectivity index (χ0n) is 9.37. The maximum absolute atomic E-state index is 10.3. The molecule has 1 atom stereocenters. The van der Waals surface area contributed by atoms with Crippen molar-refractivity contribution in [2.45, 2.75) is 18.7 Å². The van der Waals surface area contributed by atoms with Crippen LogP contribution in [0.2, 0.25) is 0 Å². The predicted octanol–water partition coefficient (Wildman–Crippen LogP) is 0.727. The van der Waals surface area contributed by atoms with Gasteiger partial charge in [0.15, 0.2) is 0 Å². The number of aldehydes is 1. The van der Waals surface area contributed by atoms with Crippen molar-refractivity contribution in [3.8, 4) is 0 Å². The van der Waals surface area contributed by atoms with Gasteiger partial charge in [0.05, 0.1) is 0 Å². The largest absolute Gasteiger partial charge is 0.314 e. The lowest BCUT2D eigenvalue weighted by Gasteiger charge is -2.09. The fourth-order valence-electron chi connectivity index (χ4n) is 1.47. The average molecular weight is 236 g/mol. The summed E-state index contributed by atoms with van der Waals surface area (Å²) in [6, 6.07) is 5.89. The first-order chi connectivity index (χ1) is 7.63. The summed E-state index contributed by atoms with van der Waals surface area (Å²) in [5.41, 5.74) is 3.24. The second-order valence-electron chi connectivity index (χ2n) is 3.79. The minimum Gasteiger partial charge on any atom is -0.314 e. The number of alkyl halides is 1. The Labute approximate surface area is 103 Å². The first kappa shape index (κ1) is 13.3. The second kappa shape index (κ2) is 6.72. The van der Waals surface area contributed by atoms with Crippen LogP contribution in [0.5, 0.6) is 0 Å². The van der Waals surface area contributed by atoms with E-state index in [0.29, 0.717) is 6.54 Å². The smallest absolute Gasteiger partial charge is 0.139 e. The fourth-order valence-corrected chi connectivity index (χ4v) is 1.58. The third kappa shape index (κ3) is 4.37. The molecule has 2 nitrogen and oxygen atoms in total. The minimum atomic E-state index is -0.443. The minimum absolute atomic E-state index is 0.443. The SMILES string of the molecule is [B]c1ccc(C)c(CCNCC(Cl)C=O)c1. The predicted molar refractivity (Wildman–Crippen MR) is 68.8 cm³/mol. The molecule has 1 N–H and O–H groups in total.